The minimum atomic E-state index is -0.744. The Morgan fingerprint density at radius 1 is 0.394 bits per heavy atom. The largest absolute Gasteiger partial charge is 0.423 e. The lowest BCUT2D eigenvalue weighted by Gasteiger charge is -2.05. The van der Waals surface area contributed by atoms with E-state index in [1.807, 2.05) is 24.3 Å². The molecule has 0 fully saturated rings. The molecule has 0 bridgehead atoms. The van der Waals surface area contributed by atoms with Crippen LogP contribution in [-0.2, 0) is 32.0 Å². The van der Waals surface area contributed by atoms with Crippen LogP contribution in [-0.4, -0.2) is 23.9 Å². The van der Waals surface area contributed by atoms with Crippen LogP contribution in [0.25, 0.3) is 0 Å². The Bertz CT molecular complexity index is 2300. The molecule has 4 aromatic rings. The topological polar surface area (TPSA) is 124 Å². The van der Waals surface area contributed by atoms with Gasteiger partial charge in [-0.05, 0) is 135 Å². The van der Waals surface area contributed by atoms with Crippen LogP contribution in [0.5, 0.6) is 34.5 Å². The molecule has 0 unspecified atom stereocenters. The average molecular weight is 909 g/mol. The molecule has 0 N–H and O–H groups in total. The second kappa shape index (κ2) is 32.7. The number of rotatable bonds is 22. The highest BCUT2D eigenvalue weighted by Gasteiger charge is 2.07. The molecule has 0 aliphatic rings. The van der Waals surface area contributed by atoms with Crippen LogP contribution >= 0.6 is 0 Å². The van der Waals surface area contributed by atoms with Crippen molar-refractivity contribution in [3.63, 3.8) is 0 Å². The highest BCUT2D eigenvalue weighted by Crippen LogP contribution is 2.20. The van der Waals surface area contributed by atoms with Crippen molar-refractivity contribution in [1.82, 2.24) is 0 Å². The van der Waals surface area contributed by atoms with Gasteiger partial charge in [0.15, 0.2) is 0 Å². The molecule has 0 heterocycles. The van der Waals surface area contributed by atoms with Gasteiger partial charge in [0.2, 0.25) is 0 Å². The van der Waals surface area contributed by atoms with E-state index in [0.29, 0.717) is 23.0 Å². The van der Waals surface area contributed by atoms with Crippen LogP contribution in [0.15, 0.2) is 121 Å². The third kappa shape index (κ3) is 24.1. The molecule has 0 amide bonds. The van der Waals surface area contributed by atoms with Crippen LogP contribution in [0.2, 0.25) is 0 Å². The van der Waals surface area contributed by atoms with Gasteiger partial charge in [0.25, 0.3) is 0 Å². The Hall–Kier alpha value is -7.92. The molecule has 0 atom stereocenters. The van der Waals surface area contributed by atoms with Gasteiger partial charge in [0.1, 0.15) is 46.7 Å². The van der Waals surface area contributed by atoms with Gasteiger partial charge in [0, 0.05) is 50.4 Å². The van der Waals surface area contributed by atoms with Crippen molar-refractivity contribution < 1.29 is 61.9 Å². The zero-order valence-electron chi connectivity index (χ0n) is 38.1. The van der Waals surface area contributed by atoms with Crippen LogP contribution in [0.4, 0.5) is 0 Å². The molecular formula is C56H76O10. The summed E-state index contributed by atoms with van der Waals surface area (Å²) in [5, 5.41) is 0. The van der Waals surface area contributed by atoms with Gasteiger partial charge in [-0.25, -0.2) is 19.2 Å². The van der Waals surface area contributed by atoms with Crippen LogP contribution < -0.4 is 28.4 Å². The van der Waals surface area contributed by atoms with E-state index in [1.54, 1.807) is 62.4 Å². The molecule has 0 spiro atoms. The van der Waals surface area contributed by atoms with Crippen molar-refractivity contribution in [2.75, 3.05) is 0 Å². The fourth-order valence-electron chi connectivity index (χ4n) is 5.68. The zero-order valence-corrected chi connectivity index (χ0v) is 38.1. The fourth-order valence-corrected chi connectivity index (χ4v) is 5.68. The van der Waals surface area contributed by atoms with Gasteiger partial charge in [-0.1, -0.05) is 101 Å². The number of esters is 4. The molecule has 0 saturated carbocycles. The van der Waals surface area contributed by atoms with Crippen molar-refractivity contribution in [2.45, 2.75) is 105 Å². The maximum Gasteiger partial charge on any atom is 0.336 e. The van der Waals surface area contributed by atoms with Crippen molar-refractivity contribution in [3.8, 4) is 82.2 Å². The SMILES string of the molecule is CC#CC#COc1ccc(OC(=O)/C=C\C(=O)Oc2ccc(OC#CC#CC)cc2)cc1.CCCCCCCc1ccc(OC(=O)/C=C\C(=O)Oc2ccc(CCCCCCC)cc2)cc1.[HH].[HH].[HH].[HH].[HH].[HH].[HH].[HH].[HH].[HH]. The van der Waals surface area contributed by atoms with Gasteiger partial charge in [-0.15, -0.1) is 0 Å². The smallest absolute Gasteiger partial charge is 0.336 e. The summed E-state index contributed by atoms with van der Waals surface area (Å²) >= 11 is 0. The first-order chi connectivity index (χ1) is 32.2. The summed E-state index contributed by atoms with van der Waals surface area (Å²) in [4.78, 5) is 47.8. The highest BCUT2D eigenvalue weighted by molar-refractivity contribution is 5.94. The number of hydrogen-bond acceptors (Lipinski definition) is 10. The van der Waals surface area contributed by atoms with Crippen molar-refractivity contribution in [3.05, 3.63) is 132 Å². The predicted molar refractivity (Wildman–Crippen MR) is 276 cm³/mol. The lowest BCUT2D eigenvalue weighted by atomic mass is 10.1. The number of hydrogen-bond donors (Lipinski definition) is 0. The Morgan fingerprint density at radius 3 is 0.955 bits per heavy atom. The van der Waals surface area contributed by atoms with Gasteiger partial charge >= 0.3 is 23.9 Å². The standard InChI is InChI=1S/C30H40O4.C26H16O6.10H2/c1-3-5-7-9-11-13-25-15-19-27(20-16-25)33-29(31)23-24-30(32)34-28-21-17-26(18-22-28)14-12-10-8-6-4-2;1-3-5-7-19-29-21-9-13-23(14-10-21)31-25(27)17-18-26(28)32-24-15-11-22(12-16-24)30-20-8-6-4-2;;;;;;;;;;/h15-24H,3-14H2,1-2H3;9-18H,1-2H3;10*1H/b24-23-;18-17-;;;;;;;;;;. The molecule has 66 heavy (non-hydrogen) atoms. The van der Waals surface area contributed by atoms with E-state index in [-0.39, 0.29) is 25.8 Å². The van der Waals surface area contributed by atoms with E-state index in [2.05, 4.69) is 61.6 Å². The van der Waals surface area contributed by atoms with Crippen molar-refractivity contribution in [2.24, 2.45) is 0 Å². The van der Waals surface area contributed by atoms with E-state index in [1.165, 1.54) is 99.6 Å². The first kappa shape index (κ1) is 52.4. The van der Waals surface area contributed by atoms with Crippen molar-refractivity contribution in [1.29, 1.82) is 0 Å². The lowest BCUT2D eigenvalue weighted by Crippen LogP contribution is -2.08. The minimum absolute atomic E-state index is 0. The molecule has 4 rings (SSSR count). The van der Waals surface area contributed by atoms with Gasteiger partial charge in [-0.3, -0.25) is 0 Å². The first-order valence-electron chi connectivity index (χ1n) is 22.0. The number of benzene rings is 4. The molecule has 10 heteroatoms. The lowest BCUT2D eigenvalue weighted by molar-refractivity contribution is -0.131. The predicted octanol–water partition coefficient (Wildman–Crippen LogP) is 13.7. The number of aryl methyl sites for hydroxylation is 2. The number of carbonyl (C=O) groups excluding carboxylic acids is 4. The molecule has 0 radical (unpaired) electrons. The molecule has 10 nitrogen and oxygen atoms in total. The van der Waals surface area contributed by atoms with Gasteiger partial charge < -0.3 is 28.4 Å². The normalized spacial score (nSPS) is 9.88. The summed E-state index contributed by atoms with van der Waals surface area (Å²) in [6, 6.07) is 27.5. The highest BCUT2D eigenvalue weighted by atomic mass is 16.5. The fraction of sp³-hybridized carbons (Fsp3) is 0.286. The Kier molecular flexibility index (Phi) is 26.0. The zero-order chi connectivity index (χ0) is 47.5. The number of ether oxygens (including phenoxy) is 6. The Morgan fingerprint density at radius 2 is 0.667 bits per heavy atom. The summed E-state index contributed by atoms with van der Waals surface area (Å²) in [5.41, 5.74) is 2.47. The average Bonchev–Trinajstić information content (AvgIpc) is 3.32. The molecule has 0 saturated heterocycles. The van der Waals surface area contributed by atoms with Gasteiger partial charge in [-0.2, -0.15) is 0 Å². The van der Waals surface area contributed by atoms with Crippen molar-refractivity contribution >= 4 is 23.9 Å². The third-order valence-electron chi connectivity index (χ3n) is 9.03. The van der Waals surface area contributed by atoms with E-state index < -0.39 is 23.9 Å². The van der Waals surface area contributed by atoms with E-state index in [4.69, 9.17) is 28.4 Å². The summed E-state index contributed by atoms with van der Waals surface area (Å²) in [6.45, 7) is 7.77. The summed E-state index contributed by atoms with van der Waals surface area (Å²) in [5.74, 6) is 15.0. The quantitative estimate of drug-likeness (QED) is 0.0247. The summed E-state index contributed by atoms with van der Waals surface area (Å²) < 4.78 is 31.0. The summed E-state index contributed by atoms with van der Waals surface area (Å²) in [6.07, 6.45) is 23.5. The van der Waals surface area contributed by atoms with Crippen LogP contribution in [0.3, 0.4) is 0 Å². The minimum Gasteiger partial charge on any atom is -0.423 e. The maximum absolute atomic E-state index is 12.0. The van der Waals surface area contributed by atoms with Crippen LogP contribution in [0, 0.1) is 47.7 Å². The Balaban J connectivity index is -0.000000179. The van der Waals surface area contributed by atoms with Gasteiger partial charge in [0.05, 0.1) is 0 Å². The van der Waals surface area contributed by atoms with E-state index in [0.717, 1.165) is 37.1 Å². The summed E-state index contributed by atoms with van der Waals surface area (Å²) in [7, 11) is 0. The monoisotopic (exact) mass is 909 g/mol. The molecule has 0 aromatic heterocycles. The van der Waals surface area contributed by atoms with E-state index >= 15 is 0 Å². The molecule has 4 aromatic carbocycles. The van der Waals surface area contributed by atoms with E-state index in [9.17, 15) is 19.2 Å². The molecule has 360 valence electrons. The maximum atomic E-state index is 12.0. The molecular weight excluding hydrogens is 833 g/mol. The second-order valence-corrected chi connectivity index (χ2v) is 14.3. The molecule has 0 aliphatic carbocycles. The Labute approximate surface area is 404 Å². The number of carbonyl (C=O) groups is 4. The first-order valence-corrected chi connectivity index (χ1v) is 22.0. The van der Waals surface area contributed by atoms with Crippen LogP contribution in [0.1, 0.15) is 117 Å². The third-order valence-corrected chi connectivity index (χ3v) is 9.03. The number of unbranched alkanes of at least 4 members (excludes halogenated alkanes) is 8. The molecule has 0 aliphatic heterocycles. The second-order valence-electron chi connectivity index (χ2n) is 14.3.